The van der Waals surface area contributed by atoms with Gasteiger partial charge in [-0.3, -0.25) is 4.68 Å². The summed E-state index contributed by atoms with van der Waals surface area (Å²) in [6.07, 6.45) is 10.0. The summed E-state index contributed by atoms with van der Waals surface area (Å²) in [5.41, 5.74) is 6.09. The lowest BCUT2D eigenvalue weighted by atomic mass is 10.1. The summed E-state index contributed by atoms with van der Waals surface area (Å²) >= 11 is 0. The van der Waals surface area contributed by atoms with Crippen LogP contribution in [0.2, 0.25) is 0 Å². The molecular formula is C12H21N3O. The van der Waals surface area contributed by atoms with Crippen molar-refractivity contribution in [3.05, 3.63) is 18.5 Å². The van der Waals surface area contributed by atoms with Crippen molar-refractivity contribution >= 4 is 0 Å². The van der Waals surface area contributed by atoms with Crippen molar-refractivity contribution in [3.63, 3.8) is 0 Å². The Morgan fingerprint density at radius 3 is 3.00 bits per heavy atom. The van der Waals surface area contributed by atoms with Crippen molar-refractivity contribution in [2.45, 2.75) is 50.8 Å². The van der Waals surface area contributed by atoms with Crippen LogP contribution in [0.1, 0.15) is 32.1 Å². The normalized spacial score (nSPS) is 26.6. The van der Waals surface area contributed by atoms with E-state index < -0.39 is 0 Å². The third-order valence-corrected chi connectivity index (χ3v) is 3.22. The van der Waals surface area contributed by atoms with Crippen LogP contribution in [0.5, 0.6) is 0 Å². The molecule has 0 spiro atoms. The number of hydrogen-bond donors (Lipinski definition) is 1. The van der Waals surface area contributed by atoms with Crippen molar-refractivity contribution in [2.24, 2.45) is 5.73 Å². The van der Waals surface area contributed by atoms with Gasteiger partial charge in [0.1, 0.15) is 0 Å². The molecule has 90 valence electrons. The highest BCUT2D eigenvalue weighted by atomic mass is 16.5. The molecule has 0 amide bonds. The molecule has 0 aromatic carbocycles. The number of ether oxygens (including phenoxy) is 1. The van der Waals surface area contributed by atoms with Crippen LogP contribution in [0.15, 0.2) is 18.5 Å². The van der Waals surface area contributed by atoms with Gasteiger partial charge in [-0.05, 0) is 18.9 Å². The third-order valence-electron chi connectivity index (χ3n) is 3.22. The average molecular weight is 223 g/mol. The van der Waals surface area contributed by atoms with E-state index in [0.717, 1.165) is 19.4 Å². The van der Waals surface area contributed by atoms with Gasteiger partial charge in [-0.25, -0.2) is 0 Å². The monoisotopic (exact) mass is 223 g/mol. The van der Waals surface area contributed by atoms with Gasteiger partial charge in [-0.2, -0.15) is 5.10 Å². The van der Waals surface area contributed by atoms with Gasteiger partial charge in [0.05, 0.1) is 19.3 Å². The molecule has 1 aromatic rings. The van der Waals surface area contributed by atoms with Gasteiger partial charge >= 0.3 is 0 Å². The average Bonchev–Trinajstić information content (AvgIpc) is 2.71. The first kappa shape index (κ1) is 11.6. The third kappa shape index (κ3) is 3.32. The molecule has 2 atom stereocenters. The van der Waals surface area contributed by atoms with Crippen LogP contribution in [0.4, 0.5) is 0 Å². The molecule has 1 aromatic heterocycles. The Labute approximate surface area is 96.8 Å². The van der Waals surface area contributed by atoms with Crippen LogP contribution in [0.3, 0.4) is 0 Å². The lowest BCUT2D eigenvalue weighted by Gasteiger charge is -2.21. The van der Waals surface area contributed by atoms with Crippen LogP contribution in [0, 0.1) is 0 Å². The zero-order valence-electron chi connectivity index (χ0n) is 9.72. The second kappa shape index (κ2) is 6.01. The van der Waals surface area contributed by atoms with E-state index in [-0.39, 0.29) is 12.1 Å². The zero-order valence-corrected chi connectivity index (χ0v) is 9.72. The molecule has 1 fully saturated rings. The number of nitrogens with zero attached hydrogens (tertiary/aromatic N) is 2. The Bertz CT molecular complexity index is 286. The molecule has 0 bridgehead atoms. The zero-order chi connectivity index (χ0) is 11.2. The molecule has 1 heterocycles. The molecule has 0 aliphatic heterocycles. The second-order valence-corrected chi connectivity index (χ2v) is 4.48. The number of rotatable bonds is 4. The van der Waals surface area contributed by atoms with Crippen LogP contribution in [-0.4, -0.2) is 28.5 Å². The van der Waals surface area contributed by atoms with Gasteiger partial charge in [-0.15, -0.1) is 0 Å². The van der Waals surface area contributed by atoms with Crippen molar-refractivity contribution in [3.8, 4) is 0 Å². The topological polar surface area (TPSA) is 53.1 Å². The number of nitrogens with two attached hydrogens (primary N) is 1. The van der Waals surface area contributed by atoms with E-state index >= 15 is 0 Å². The summed E-state index contributed by atoms with van der Waals surface area (Å²) in [4.78, 5) is 0. The van der Waals surface area contributed by atoms with Gasteiger partial charge in [0, 0.05) is 18.4 Å². The van der Waals surface area contributed by atoms with Crippen LogP contribution < -0.4 is 5.73 Å². The van der Waals surface area contributed by atoms with Gasteiger partial charge in [0.2, 0.25) is 0 Å². The minimum atomic E-state index is 0.222. The highest BCUT2D eigenvalue weighted by Gasteiger charge is 2.20. The molecule has 0 radical (unpaired) electrons. The fraction of sp³-hybridized carbons (Fsp3) is 0.750. The number of hydrogen-bond acceptors (Lipinski definition) is 3. The van der Waals surface area contributed by atoms with Crippen molar-refractivity contribution in [1.29, 1.82) is 0 Å². The summed E-state index contributed by atoms with van der Waals surface area (Å²) in [7, 11) is 0. The Hall–Kier alpha value is -0.870. The van der Waals surface area contributed by atoms with Crippen molar-refractivity contribution in [1.82, 2.24) is 9.78 Å². The summed E-state index contributed by atoms with van der Waals surface area (Å²) in [5.74, 6) is 0. The molecule has 0 saturated heterocycles. The molecule has 2 unspecified atom stereocenters. The summed E-state index contributed by atoms with van der Waals surface area (Å²) < 4.78 is 7.75. The molecule has 16 heavy (non-hydrogen) atoms. The quantitative estimate of drug-likeness (QED) is 0.788. The lowest BCUT2D eigenvalue weighted by Crippen LogP contribution is -2.36. The van der Waals surface area contributed by atoms with E-state index in [2.05, 4.69) is 5.10 Å². The standard InChI is InChI=1S/C12H21N3O/c13-11-5-2-1-3-6-12(11)16-10-9-15-8-4-7-14-15/h4,7-8,11-12H,1-3,5-6,9-10,13H2. The molecule has 1 aliphatic rings. The minimum absolute atomic E-state index is 0.222. The molecule has 1 saturated carbocycles. The van der Waals surface area contributed by atoms with Crippen LogP contribution in [0.25, 0.3) is 0 Å². The fourth-order valence-electron chi connectivity index (χ4n) is 2.24. The molecule has 1 aliphatic carbocycles. The van der Waals surface area contributed by atoms with E-state index in [0.29, 0.717) is 6.61 Å². The minimum Gasteiger partial charge on any atom is -0.375 e. The molecule has 2 N–H and O–H groups in total. The summed E-state index contributed by atoms with van der Waals surface area (Å²) in [6.45, 7) is 1.52. The summed E-state index contributed by atoms with van der Waals surface area (Å²) in [6, 6.07) is 2.15. The van der Waals surface area contributed by atoms with Crippen LogP contribution >= 0.6 is 0 Å². The van der Waals surface area contributed by atoms with Crippen molar-refractivity contribution < 1.29 is 4.74 Å². The highest BCUT2D eigenvalue weighted by molar-refractivity contribution is 4.79. The Morgan fingerprint density at radius 1 is 1.31 bits per heavy atom. The number of aromatic nitrogens is 2. The second-order valence-electron chi connectivity index (χ2n) is 4.48. The van der Waals surface area contributed by atoms with E-state index in [9.17, 15) is 0 Å². The molecule has 4 heteroatoms. The Morgan fingerprint density at radius 2 is 2.19 bits per heavy atom. The van der Waals surface area contributed by atoms with Gasteiger partial charge in [-0.1, -0.05) is 19.3 Å². The highest BCUT2D eigenvalue weighted by Crippen LogP contribution is 2.19. The SMILES string of the molecule is NC1CCCCCC1OCCn1cccn1. The first-order chi connectivity index (χ1) is 7.86. The lowest BCUT2D eigenvalue weighted by molar-refractivity contribution is 0.0255. The van der Waals surface area contributed by atoms with Crippen LogP contribution in [-0.2, 0) is 11.3 Å². The first-order valence-electron chi connectivity index (χ1n) is 6.21. The smallest absolute Gasteiger partial charge is 0.0726 e. The Balaban J connectivity index is 1.71. The maximum atomic E-state index is 6.09. The van der Waals surface area contributed by atoms with Gasteiger partial charge < -0.3 is 10.5 Å². The molecule has 4 nitrogen and oxygen atoms in total. The van der Waals surface area contributed by atoms with Gasteiger partial charge in [0.25, 0.3) is 0 Å². The predicted molar refractivity (Wildman–Crippen MR) is 63.0 cm³/mol. The molecule has 2 rings (SSSR count). The summed E-state index contributed by atoms with van der Waals surface area (Å²) in [5, 5.41) is 4.14. The van der Waals surface area contributed by atoms with E-state index in [1.165, 1.54) is 19.3 Å². The van der Waals surface area contributed by atoms with Crippen molar-refractivity contribution in [2.75, 3.05) is 6.61 Å². The van der Waals surface area contributed by atoms with E-state index in [1.54, 1.807) is 6.20 Å². The Kier molecular flexibility index (Phi) is 4.36. The maximum absolute atomic E-state index is 6.09. The predicted octanol–water partition coefficient (Wildman–Crippen LogP) is 1.56. The van der Waals surface area contributed by atoms with E-state index in [4.69, 9.17) is 10.5 Å². The first-order valence-corrected chi connectivity index (χ1v) is 6.21. The van der Waals surface area contributed by atoms with Gasteiger partial charge in [0.15, 0.2) is 0 Å². The maximum Gasteiger partial charge on any atom is 0.0726 e. The van der Waals surface area contributed by atoms with E-state index in [1.807, 2.05) is 16.9 Å². The molecular weight excluding hydrogens is 202 g/mol. The largest absolute Gasteiger partial charge is 0.375 e. The fourth-order valence-corrected chi connectivity index (χ4v) is 2.24.